The number of ketones is 2. The predicted molar refractivity (Wildman–Crippen MR) is 299 cm³/mol. The van der Waals surface area contributed by atoms with E-state index < -0.39 is 0 Å². The van der Waals surface area contributed by atoms with Crippen LogP contribution in [-0.4, -0.2) is 36.5 Å². The highest BCUT2D eigenvalue weighted by Gasteiger charge is 2.47. The second kappa shape index (κ2) is 43.1. The summed E-state index contributed by atoms with van der Waals surface area (Å²) < 4.78 is 0. The van der Waals surface area contributed by atoms with E-state index in [1.54, 1.807) is 11.8 Å². The molecule has 0 N–H and O–H groups in total. The Bertz CT molecular complexity index is 969. The molecule has 1 aliphatic rings. The zero-order valence-electron chi connectivity index (χ0n) is 47.0. The normalized spacial score (nSPS) is 12.6. The van der Waals surface area contributed by atoms with E-state index in [9.17, 15) is 14.4 Å². The van der Waals surface area contributed by atoms with Gasteiger partial charge in [-0.05, 0) is 108 Å². The number of hydrogen-bond acceptors (Lipinski definition) is 3. The Morgan fingerprint density at radius 3 is 0.672 bits per heavy atom. The van der Waals surface area contributed by atoms with Gasteiger partial charge in [0.15, 0.2) is 0 Å². The summed E-state index contributed by atoms with van der Waals surface area (Å²) in [5, 5.41) is 0. The Hall–Kier alpha value is -1.19. The molecular formula is C60H133NO3. The van der Waals surface area contributed by atoms with Gasteiger partial charge in [0, 0.05) is 38.3 Å². The largest absolute Gasteiger partial charge is 0.349 e. The van der Waals surface area contributed by atoms with Crippen LogP contribution in [0.5, 0.6) is 0 Å². The molecule has 1 aliphatic carbocycles. The van der Waals surface area contributed by atoms with Gasteiger partial charge in [0.1, 0.15) is 11.6 Å². The van der Waals surface area contributed by atoms with E-state index in [0.717, 1.165) is 52.8 Å². The van der Waals surface area contributed by atoms with E-state index in [1.165, 1.54) is 25.7 Å². The molecular weight excluding hydrogens is 783 g/mol. The molecule has 4 heteroatoms. The fraction of sp³-hybridized carbons (Fsp3) is 0.950. The highest BCUT2D eigenvalue weighted by Crippen LogP contribution is 2.57. The molecule has 0 bridgehead atoms. The van der Waals surface area contributed by atoms with Crippen molar-refractivity contribution < 1.29 is 14.4 Å². The van der Waals surface area contributed by atoms with Crippen LogP contribution in [0.1, 0.15) is 256 Å². The van der Waals surface area contributed by atoms with Crippen molar-refractivity contribution in [3.63, 3.8) is 0 Å². The van der Waals surface area contributed by atoms with Crippen molar-refractivity contribution in [1.82, 2.24) is 4.90 Å². The molecule has 0 aromatic heterocycles. The molecule has 1 amide bonds. The highest BCUT2D eigenvalue weighted by atomic mass is 16.2. The van der Waals surface area contributed by atoms with Crippen LogP contribution >= 0.6 is 0 Å². The predicted octanol–water partition coefficient (Wildman–Crippen LogP) is 19.7. The Morgan fingerprint density at radius 1 is 0.406 bits per heavy atom. The van der Waals surface area contributed by atoms with Crippen LogP contribution in [0.25, 0.3) is 0 Å². The van der Waals surface area contributed by atoms with Crippen LogP contribution in [0.2, 0.25) is 0 Å². The van der Waals surface area contributed by atoms with Crippen molar-refractivity contribution in [3.05, 3.63) is 0 Å². The fourth-order valence-electron chi connectivity index (χ4n) is 10.5. The third-order valence-electron chi connectivity index (χ3n) is 13.7. The lowest BCUT2D eigenvalue weighted by atomic mass is 9.81. The average Bonchev–Trinajstić information content (AvgIpc) is 3.88. The summed E-state index contributed by atoms with van der Waals surface area (Å²) in [7, 11) is 3.64. The summed E-state index contributed by atoms with van der Waals surface area (Å²) in [4.78, 5) is 35.8. The minimum absolute atomic E-state index is 0. The molecule has 0 radical (unpaired) electrons. The van der Waals surface area contributed by atoms with Crippen molar-refractivity contribution >= 4 is 17.5 Å². The molecule has 0 saturated heterocycles. The van der Waals surface area contributed by atoms with Crippen molar-refractivity contribution in [1.29, 1.82) is 0 Å². The summed E-state index contributed by atoms with van der Waals surface area (Å²) in [6.07, 6.45) is 6.29. The molecule has 4 nitrogen and oxygen atoms in total. The molecule has 0 aliphatic heterocycles. The number of hydrogen-bond donors (Lipinski definition) is 0. The van der Waals surface area contributed by atoms with Gasteiger partial charge >= 0.3 is 0 Å². The number of rotatable bonds is 18. The van der Waals surface area contributed by atoms with Gasteiger partial charge in [-0.1, -0.05) is 229 Å². The summed E-state index contributed by atoms with van der Waals surface area (Å²) in [5.74, 6) is 11.5. The standard InChI is InChI=1S/C10H21NO.C10H20O.C9H18O.C9H18.2C9H20.4CH4/c1-7(2)9(8(3)4)10(12)11(5)6;1-6-9(11)10(7(2)3)8(4)5;1-6(2)9(7(3)4)8(5)10;1-7(2)9(5-6-9)8(3)4;2*1-6-9(7(2)3)8(4)5;;;;/h7-9H,1-6H3;7-8,10H,6H2,1-5H3;6-7,9H,1-5H3;7-8H,5-6H2,1-4H3;2*7-9H,6H2,1-5H3;4*1H4. The maximum atomic E-state index is 11.7. The maximum Gasteiger partial charge on any atom is 0.225 e. The molecule has 64 heavy (non-hydrogen) atoms. The first-order valence-corrected chi connectivity index (χ1v) is 25.4. The Balaban J connectivity index is -0.0000000803. The van der Waals surface area contributed by atoms with Crippen LogP contribution in [0.15, 0.2) is 0 Å². The van der Waals surface area contributed by atoms with Gasteiger partial charge in [-0.3, -0.25) is 14.4 Å². The van der Waals surface area contributed by atoms with Crippen LogP contribution in [0.4, 0.5) is 0 Å². The number of carbonyl (C=O) groups is 3. The molecule has 0 spiro atoms. The first-order valence-electron chi connectivity index (χ1n) is 25.4. The summed E-state index contributed by atoms with van der Waals surface area (Å²) >= 11 is 0. The summed E-state index contributed by atoms with van der Waals surface area (Å²) in [6.45, 7) is 61.4. The monoisotopic (exact) mass is 916 g/mol. The second-order valence-corrected chi connectivity index (χ2v) is 22.9. The smallest absolute Gasteiger partial charge is 0.225 e. The van der Waals surface area contributed by atoms with Crippen molar-refractivity contribution in [2.24, 2.45) is 106 Å². The number of Topliss-reactive ketones (excluding diaryl/α,β-unsaturated/α-hetero) is 2. The average molecular weight is 917 g/mol. The van der Waals surface area contributed by atoms with Gasteiger partial charge in [-0.2, -0.15) is 0 Å². The van der Waals surface area contributed by atoms with Gasteiger partial charge < -0.3 is 4.90 Å². The number of amides is 1. The lowest BCUT2D eigenvalue weighted by Crippen LogP contribution is -2.35. The SMILES string of the molecule is C.C.C.C.CC(=O)C(C(C)C)C(C)C.CC(C)C(C(=O)N(C)C)C(C)C.CC(C)C1(C(C)C)CC1.CCC(=O)C(C(C)C)C(C)C.CCC(C(C)C)C(C)C.CCC(C(C)C)C(C)C. The van der Waals surface area contributed by atoms with Crippen LogP contribution < -0.4 is 0 Å². The van der Waals surface area contributed by atoms with E-state index in [2.05, 4.69) is 180 Å². The van der Waals surface area contributed by atoms with Crippen molar-refractivity contribution in [2.75, 3.05) is 14.1 Å². The van der Waals surface area contributed by atoms with Crippen LogP contribution in [0, 0.1) is 106 Å². The van der Waals surface area contributed by atoms with E-state index in [1.807, 2.05) is 21.0 Å². The van der Waals surface area contributed by atoms with Gasteiger partial charge in [0.25, 0.3) is 0 Å². The summed E-state index contributed by atoms with van der Waals surface area (Å²) in [6, 6.07) is 0. The molecule has 0 atom stereocenters. The third kappa shape index (κ3) is 35.9. The van der Waals surface area contributed by atoms with Crippen molar-refractivity contribution in [3.8, 4) is 0 Å². The van der Waals surface area contributed by atoms with E-state index >= 15 is 0 Å². The first-order chi connectivity index (χ1) is 27.1. The lowest BCUT2D eigenvalue weighted by molar-refractivity contribution is -0.136. The zero-order valence-corrected chi connectivity index (χ0v) is 47.0. The second-order valence-electron chi connectivity index (χ2n) is 22.9. The minimum atomic E-state index is 0. The minimum Gasteiger partial charge on any atom is -0.349 e. The van der Waals surface area contributed by atoms with Gasteiger partial charge in [-0.25, -0.2) is 0 Å². The molecule has 396 valence electrons. The molecule has 0 heterocycles. The molecule has 0 aromatic rings. The van der Waals surface area contributed by atoms with E-state index in [0.29, 0.717) is 53.5 Å². The van der Waals surface area contributed by atoms with Gasteiger partial charge in [0.2, 0.25) is 5.91 Å². The fourth-order valence-corrected chi connectivity index (χ4v) is 10.5. The molecule has 0 unspecified atom stereocenters. The van der Waals surface area contributed by atoms with Gasteiger partial charge in [-0.15, -0.1) is 0 Å². The third-order valence-corrected chi connectivity index (χ3v) is 13.7. The Labute approximate surface area is 411 Å². The van der Waals surface area contributed by atoms with Crippen LogP contribution in [0.3, 0.4) is 0 Å². The number of carbonyl (C=O) groups excluding carboxylic acids is 3. The molecule has 1 rings (SSSR count). The topological polar surface area (TPSA) is 54.5 Å². The Kier molecular flexibility index (Phi) is 55.8. The van der Waals surface area contributed by atoms with Crippen molar-refractivity contribution in [2.45, 2.75) is 256 Å². The zero-order chi connectivity index (χ0) is 49.2. The Morgan fingerprint density at radius 2 is 0.641 bits per heavy atom. The molecule has 1 fully saturated rings. The van der Waals surface area contributed by atoms with Crippen LogP contribution in [-0.2, 0) is 14.4 Å². The van der Waals surface area contributed by atoms with E-state index in [4.69, 9.17) is 0 Å². The number of nitrogens with zero attached hydrogens (tertiary/aromatic N) is 1. The van der Waals surface area contributed by atoms with Gasteiger partial charge in [0.05, 0.1) is 0 Å². The first kappa shape index (κ1) is 82.9. The highest BCUT2D eigenvalue weighted by molar-refractivity contribution is 5.81. The quantitative estimate of drug-likeness (QED) is 0.138. The summed E-state index contributed by atoms with van der Waals surface area (Å²) in [5.41, 5.74) is 0.750. The maximum absolute atomic E-state index is 11.7. The van der Waals surface area contributed by atoms with E-state index in [-0.39, 0.29) is 53.4 Å². The molecule has 0 aromatic carbocycles. The lowest BCUT2D eigenvalue weighted by Gasteiger charge is -2.26. The molecule has 1 saturated carbocycles.